The summed E-state index contributed by atoms with van der Waals surface area (Å²) in [6.45, 7) is 0. The Bertz CT molecular complexity index is 34.5. The van der Waals surface area contributed by atoms with E-state index in [2.05, 4.69) is 17.3 Å². The van der Waals surface area contributed by atoms with E-state index in [4.69, 9.17) is 5.41 Å². The Hall–Kier alpha value is 0.0500. The van der Waals surface area contributed by atoms with E-state index in [1.54, 1.807) is 0 Å². The van der Waals surface area contributed by atoms with Crippen molar-refractivity contribution in [1.29, 1.82) is 5.41 Å². The minimum atomic E-state index is -0.361. The molecule has 3 N–H and O–H groups in total. The molecule has 4 heteroatoms. The van der Waals surface area contributed by atoms with Gasteiger partial charge < -0.3 is 18.1 Å². The topological polar surface area (TPSA) is 49.9 Å². The summed E-state index contributed by atoms with van der Waals surface area (Å²) in [5, 5.41) is 5.68. The highest BCUT2D eigenvalue weighted by Gasteiger charge is 1.58. The standard InChI is InChI=1S/CH3ClN2.ClH/c2-1(3)4;/h(H3,3,4);1H. The lowest BCUT2D eigenvalue weighted by Crippen LogP contribution is -3.00. The van der Waals surface area contributed by atoms with Gasteiger partial charge in [-0.2, -0.15) is 0 Å². The first kappa shape index (κ1) is 8.90. The van der Waals surface area contributed by atoms with Gasteiger partial charge in [-0.25, -0.2) is 0 Å². The minimum absolute atomic E-state index is 0. The van der Waals surface area contributed by atoms with Crippen molar-refractivity contribution >= 4 is 16.9 Å². The third kappa shape index (κ3) is 6810. The molecule has 0 atom stereocenters. The average molecular weight is 115 g/mol. The van der Waals surface area contributed by atoms with Gasteiger partial charge in [0.25, 0.3) is 0 Å². The molecule has 0 aliphatic carbocycles. The van der Waals surface area contributed by atoms with Crippen LogP contribution in [-0.4, -0.2) is 5.29 Å². The van der Waals surface area contributed by atoms with Crippen LogP contribution in [0.1, 0.15) is 1.43 Å². The molecule has 0 bridgehead atoms. The molecule has 0 saturated heterocycles. The Labute approximate surface area is 42.7 Å². The number of nitrogens with two attached hydrogens (primary N) is 1. The smallest absolute Gasteiger partial charge is 1.00 e. The second-order valence-electron chi connectivity index (χ2n) is 0.348. The van der Waals surface area contributed by atoms with Crippen molar-refractivity contribution in [3.63, 3.8) is 0 Å². The maximum atomic E-state index is 6.04. The van der Waals surface area contributed by atoms with Crippen LogP contribution in [0.15, 0.2) is 0 Å². The molecule has 0 aromatic rings. The highest BCUT2D eigenvalue weighted by Crippen LogP contribution is 1.57. The number of halogens is 2. The molecule has 0 aromatic carbocycles. The van der Waals surface area contributed by atoms with Gasteiger partial charge in [0, 0.05) is 0 Å². The molecule has 0 spiro atoms. The molecule has 0 amide bonds. The van der Waals surface area contributed by atoms with E-state index in [0.29, 0.717) is 0 Å². The van der Waals surface area contributed by atoms with E-state index in [1.165, 1.54) is 0 Å². The molecule has 0 aromatic heterocycles. The summed E-state index contributed by atoms with van der Waals surface area (Å²) < 4.78 is 0. The van der Waals surface area contributed by atoms with Crippen LogP contribution in [0.25, 0.3) is 0 Å². The Morgan fingerprint density at radius 3 is 2.00 bits per heavy atom. The summed E-state index contributed by atoms with van der Waals surface area (Å²) in [5.41, 5.74) is 4.46. The number of amidine groups is 1. The lowest BCUT2D eigenvalue weighted by atomic mass is 11.4. The summed E-state index contributed by atoms with van der Waals surface area (Å²) in [4.78, 5) is 0. The number of rotatable bonds is 0. The van der Waals surface area contributed by atoms with Crippen LogP contribution in [0, 0.1) is 5.41 Å². The first-order chi connectivity index (χ1) is 1.73. The van der Waals surface area contributed by atoms with Crippen molar-refractivity contribution < 1.29 is 13.8 Å². The van der Waals surface area contributed by atoms with Crippen molar-refractivity contribution in [2.24, 2.45) is 5.73 Å². The van der Waals surface area contributed by atoms with E-state index in [0.717, 1.165) is 0 Å². The van der Waals surface area contributed by atoms with E-state index in [1.807, 2.05) is 0 Å². The summed E-state index contributed by atoms with van der Waals surface area (Å²) in [6.07, 6.45) is 0. The Kier molecular flexibility index (Phi) is 7.21. The molecule has 0 fully saturated rings. The largest absolute Gasteiger partial charge is 1.00 e. The van der Waals surface area contributed by atoms with Gasteiger partial charge >= 0.3 is 1.43 Å². The molecular formula is CH4Cl2N2. The van der Waals surface area contributed by atoms with Gasteiger partial charge in [-0.1, -0.05) is 0 Å². The SMILES string of the molecule is N=C(N)Cl.[Cl-].[H+]. The van der Waals surface area contributed by atoms with Crippen molar-refractivity contribution in [1.82, 2.24) is 0 Å². The van der Waals surface area contributed by atoms with Crippen LogP contribution in [0.3, 0.4) is 0 Å². The second-order valence-corrected chi connectivity index (χ2v) is 0.755. The summed E-state index contributed by atoms with van der Waals surface area (Å²) in [7, 11) is 0. The van der Waals surface area contributed by atoms with Gasteiger partial charge in [0.05, 0.1) is 0 Å². The van der Waals surface area contributed by atoms with Gasteiger partial charge in [-0.05, 0) is 11.6 Å². The predicted molar refractivity (Wildman–Crippen MR) is 18.9 cm³/mol. The maximum absolute atomic E-state index is 6.04. The molecule has 0 rings (SSSR count). The third-order valence-corrected chi connectivity index (χ3v) is 0. The van der Waals surface area contributed by atoms with Gasteiger partial charge in [0.1, 0.15) is 0 Å². The van der Waals surface area contributed by atoms with E-state index < -0.39 is 0 Å². The Morgan fingerprint density at radius 1 is 2.00 bits per heavy atom. The monoisotopic (exact) mass is 114 g/mol. The fourth-order valence-electron chi connectivity index (χ4n) is 0. The number of hydrogen-bond acceptors (Lipinski definition) is 1. The zero-order valence-electron chi connectivity index (χ0n) is 3.33. The lowest BCUT2D eigenvalue weighted by molar-refractivity contribution is -0.00000118. The third-order valence-electron chi connectivity index (χ3n) is 0. The molecule has 0 aliphatic heterocycles. The zero-order chi connectivity index (χ0) is 3.58. The fraction of sp³-hybridized carbons (Fsp3) is 0. The molecule has 0 radical (unpaired) electrons. The lowest BCUT2D eigenvalue weighted by Gasteiger charge is -1.62. The van der Waals surface area contributed by atoms with E-state index in [9.17, 15) is 0 Å². The van der Waals surface area contributed by atoms with Crippen LogP contribution in [0.2, 0.25) is 0 Å². The highest BCUT2D eigenvalue weighted by atomic mass is 35.5. The van der Waals surface area contributed by atoms with Crippen molar-refractivity contribution in [2.75, 3.05) is 0 Å². The molecule has 0 aliphatic rings. The van der Waals surface area contributed by atoms with Crippen LogP contribution in [0.5, 0.6) is 0 Å². The van der Waals surface area contributed by atoms with Gasteiger partial charge in [-0.15, -0.1) is 0 Å². The minimum Gasteiger partial charge on any atom is -1.00 e. The van der Waals surface area contributed by atoms with Gasteiger partial charge in [-0.3, -0.25) is 5.41 Å². The van der Waals surface area contributed by atoms with Gasteiger partial charge in [0.15, 0.2) is 5.29 Å². The first-order valence-corrected chi connectivity index (χ1v) is 1.11. The van der Waals surface area contributed by atoms with Crippen LogP contribution >= 0.6 is 11.6 Å². The maximum Gasteiger partial charge on any atom is 1.00 e. The first-order valence-electron chi connectivity index (χ1n) is 0.728. The number of nitrogens with one attached hydrogen (secondary N) is 1. The normalized spacial score (nSPS) is 5.00. The molecule has 0 saturated carbocycles. The molecular weight excluding hydrogens is 111 g/mol. The predicted octanol–water partition coefficient (Wildman–Crippen LogP) is -2.76. The quantitative estimate of drug-likeness (QED) is 0.200. The molecule has 32 valence electrons. The average Bonchev–Trinajstić information content (AvgIpc) is 0.811. The summed E-state index contributed by atoms with van der Waals surface area (Å²) >= 11 is 4.64. The van der Waals surface area contributed by atoms with Crippen molar-refractivity contribution in [2.45, 2.75) is 0 Å². The number of hydrogen-bond donors (Lipinski definition) is 2. The molecule has 0 unspecified atom stereocenters. The van der Waals surface area contributed by atoms with E-state index >= 15 is 0 Å². The van der Waals surface area contributed by atoms with Crippen LogP contribution in [-0.2, 0) is 0 Å². The van der Waals surface area contributed by atoms with Gasteiger partial charge in [0.2, 0.25) is 0 Å². The molecule has 5 heavy (non-hydrogen) atoms. The van der Waals surface area contributed by atoms with Crippen LogP contribution in [0.4, 0.5) is 0 Å². The van der Waals surface area contributed by atoms with Crippen LogP contribution < -0.4 is 18.1 Å². The fourth-order valence-corrected chi connectivity index (χ4v) is 0. The second kappa shape index (κ2) is 4.05. The van der Waals surface area contributed by atoms with E-state index in [-0.39, 0.29) is 19.1 Å². The van der Waals surface area contributed by atoms with Crippen molar-refractivity contribution in [3.05, 3.63) is 0 Å². The summed E-state index contributed by atoms with van der Waals surface area (Å²) in [5.74, 6) is 0. The molecule has 0 heterocycles. The summed E-state index contributed by atoms with van der Waals surface area (Å²) in [6, 6.07) is 0. The Morgan fingerprint density at radius 2 is 2.00 bits per heavy atom. The highest BCUT2D eigenvalue weighted by molar-refractivity contribution is 6.63. The van der Waals surface area contributed by atoms with Crippen molar-refractivity contribution in [3.8, 4) is 0 Å². The zero-order valence-corrected chi connectivity index (χ0v) is 3.85. The Balaban J connectivity index is -0.0000000450. The molecule has 2 nitrogen and oxygen atoms in total.